The van der Waals surface area contributed by atoms with E-state index in [1.54, 1.807) is 6.20 Å². The molecule has 21 heavy (non-hydrogen) atoms. The highest BCUT2D eigenvalue weighted by Gasteiger charge is 2.13. The van der Waals surface area contributed by atoms with Crippen molar-refractivity contribution in [2.75, 3.05) is 23.8 Å². The number of nitrogen functional groups attached to an aromatic ring is 1. The Balaban J connectivity index is 2.07. The zero-order valence-electron chi connectivity index (χ0n) is 13.0. The van der Waals surface area contributed by atoms with Gasteiger partial charge in [-0.25, -0.2) is 5.84 Å². The van der Waals surface area contributed by atoms with E-state index in [0.717, 1.165) is 24.3 Å². The summed E-state index contributed by atoms with van der Waals surface area (Å²) >= 11 is 0. The second kappa shape index (κ2) is 6.68. The van der Waals surface area contributed by atoms with Gasteiger partial charge in [0.25, 0.3) is 0 Å². The highest BCUT2D eigenvalue weighted by molar-refractivity contribution is 5.86. The molecule has 0 fully saturated rings. The largest absolute Gasteiger partial charge is 0.368 e. The molecular formula is C13H24N8. The van der Waals surface area contributed by atoms with Crippen molar-refractivity contribution >= 4 is 22.8 Å². The molecule has 0 atom stereocenters. The molecule has 0 aromatic carbocycles. The average Bonchev–Trinajstić information content (AvgIpc) is 2.90. The van der Waals surface area contributed by atoms with Crippen LogP contribution >= 0.6 is 0 Å². The molecule has 0 aliphatic rings. The molecular weight excluding hydrogens is 268 g/mol. The molecule has 2 aromatic rings. The third-order valence-electron chi connectivity index (χ3n) is 3.43. The minimum absolute atomic E-state index is 0.360. The van der Waals surface area contributed by atoms with Crippen LogP contribution < -0.4 is 16.6 Å². The number of aromatic amines is 1. The van der Waals surface area contributed by atoms with Gasteiger partial charge < -0.3 is 5.32 Å². The molecule has 0 spiro atoms. The van der Waals surface area contributed by atoms with Crippen LogP contribution in [0, 0.1) is 0 Å². The van der Waals surface area contributed by atoms with E-state index in [-0.39, 0.29) is 0 Å². The summed E-state index contributed by atoms with van der Waals surface area (Å²) in [5.41, 5.74) is 3.12. The van der Waals surface area contributed by atoms with E-state index in [4.69, 9.17) is 5.84 Å². The van der Waals surface area contributed by atoms with E-state index in [9.17, 15) is 0 Å². The second-order valence-corrected chi connectivity index (χ2v) is 5.52. The van der Waals surface area contributed by atoms with E-state index < -0.39 is 0 Å². The summed E-state index contributed by atoms with van der Waals surface area (Å²) in [6.45, 7) is 10.5. The monoisotopic (exact) mass is 292 g/mol. The van der Waals surface area contributed by atoms with Gasteiger partial charge in [-0.15, -0.1) is 0 Å². The van der Waals surface area contributed by atoms with Crippen LogP contribution in [-0.2, 0) is 0 Å². The van der Waals surface area contributed by atoms with Crippen LogP contribution in [0.2, 0.25) is 0 Å². The van der Waals surface area contributed by atoms with Crippen LogP contribution in [0.25, 0.3) is 11.0 Å². The van der Waals surface area contributed by atoms with Crippen molar-refractivity contribution in [3.05, 3.63) is 6.20 Å². The summed E-state index contributed by atoms with van der Waals surface area (Å²) in [6.07, 6.45) is 1.71. The van der Waals surface area contributed by atoms with E-state index >= 15 is 0 Å². The standard InChI is InChI=1S/C13H24N8/c1-8(2)21(9(3)4)6-5-15-11-10-7-16-20-12(10)18-13(17-11)19-14/h7-9H,5-6,14H2,1-4H3,(H3,15,16,17,18,19,20). The van der Waals surface area contributed by atoms with E-state index in [1.807, 2.05) is 0 Å². The fourth-order valence-corrected chi connectivity index (χ4v) is 2.45. The van der Waals surface area contributed by atoms with E-state index in [2.05, 4.69) is 63.5 Å². The van der Waals surface area contributed by atoms with Gasteiger partial charge in [0, 0.05) is 25.2 Å². The molecule has 5 N–H and O–H groups in total. The van der Waals surface area contributed by atoms with Crippen LogP contribution in [-0.4, -0.2) is 50.2 Å². The number of hydrogen-bond donors (Lipinski definition) is 4. The van der Waals surface area contributed by atoms with Crippen LogP contribution in [0.1, 0.15) is 27.7 Å². The fraction of sp³-hybridized carbons (Fsp3) is 0.615. The molecule has 2 aromatic heterocycles. The minimum atomic E-state index is 0.360. The molecule has 0 radical (unpaired) electrons. The van der Waals surface area contributed by atoms with Gasteiger partial charge in [-0.1, -0.05) is 0 Å². The lowest BCUT2D eigenvalue weighted by molar-refractivity contribution is 0.182. The predicted octanol–water partition coefficient (Wildman–Crippen LogP) is 1.17. The Morgan fingerprint density at radius 2 is 1.95 bits per heavy atom. The first-order valence-corrected chi connectivity index (χ1v) is 7.20. The highest BCUT2D eigenvalue weighted by Crippen LogP contribution is 2.19. The summed E-state index contributed by atoms with van der Waals surface area (Å²) in [6, 6.07) is 1.01. The van der Waals surface area contributed by atoms with E-state index in [0.29, 0.717) is 23.7 Å². The normalized spacial score (nSPS) is 11.8. The Morgan fingerprint density at radius 3 is 2.57 bits per heavy atom. The van der Waals surface area contributed by atoms with Crippen LogP contribution in [0.4, 0.5) is 11.8 Å². The van der Waals surface area contributed by atoms with Crippen LogP contribution in [0.5, 0.6) is 0 Å². The Kier molecular flexibility index (Phi) is 4.92. The number of nitrogens with zero attached hydrogens (tertiary/aromatic N) is 4. The van der Waals surface area contributed by atoms with E-state index in [1.165, 1.54) is 0 Å². The van der Waals surface area contributed by atoms with Gasteiger partial charge in [0.05, 0.1) is 11.6 Å². The molecule has 0 saturated heterocycles. The Bertz CT molecular complexity index is 569. The first-order valence-electron chi connectivity index (χ1n) is 7.20. The summed E-state index contributed by atoms with van der Waals surface area (Å²) in [5, 5.41) is 11.0. The molecule has 0 unspecified atom stereocenters. The molecule has 2 heterocycles. The average molecular weight is 292 g/mol. The van der Waals surface area contributed by atoms with Gasteiger partial charge in [0.1, 0.15) is 5.82 Å². The quantitative estimate of drug-likeness (QED) is 0.448. The van der Waals surface area contributed by atoms with Crippen molar-refractivity contribution in [1.82, 2.24) is 25.1 Å². The molecule has 0 aliphatic carbocycles. The fourth-order valence-electron chi connectivity index (χ4n) is 2.45. The maximum absolute atomic E-state index is 5.39. The zero-order valence-corrected chi connectivity index (χ0v) is 13.0. The number of nitrogens with one attached hydrogen (secondary N) is 3. The topological polar surface area (TPSA) is 108 Å². The van der Waals surface area contributed by atoms with Crippen molar-refractivity contribution in [2.24, 2.45) is 5.84 Å². The molecule has 0 saturated carbocycles. The molecule has 8 nitrogen and oxygen atoms in total. The maximum Gasteiger partial charge on any atom is 0.241 e. The number of anilines is 2. The third kappa shape index (κ3) is 3.59. The van der Waals surface area contributed by atoms with Crippen molar-refractivity contribution in [3.63, 3.8) is 0 Å². The lowest BCUT2D eigenvalue weighted by Crippen LogP contribution is -2.40. The van der Waals surface area contributed by atoms with Gasteiger partial charge in [0.2, 0.25) is 5.95 Å². The lowest BCUT2D eigenvalue weighted by atomic mass is 10.2. The predicted molar refractivity (Wildman–Crippen MR) is 85.0 cm³/mol. The second-order valence-electron chi connectivity index (χ2n) is 5.52. The van der Waals surface area contributed by atoms with Gasteiger partial charge >= 0.3 is 0 Å². The van der Waals surface area contributed by atoms with Crippen molar-refractivity contribution < 1.29 is 0 Å². The van der Waals surface area contributed by atoms with Crippen molar-refractivity contribution in [1.29, 1.82) is 0 Å². The molecule has 0 amide bonds. The summed E-state index contributed by atoms with van der Waals surface area (Å²) in [4.78, 5) is 11.0. The number of rotatable bonds is 7. The summed E-state index contributed by atoms with van der Waals surface area (Å²) < 4.78 is 0. The number of H-pyrrole nitrogens is 1. The van der Waals surface area contributed by atoms with Gasteiger partial charge in [-0.05, 0) is 27.7 Å². The summed E-state index contributed by atoms with van der Waals surface area (Å²) in [5.74, 6) is 6.48. The van der Waals surface area contributed by atoms with Gasteiger partial charge in [0.15, 0.2) is 5.65 Å². The van der Waals surface area contributed by atoms with Crippen LogP contribution in [0.3, 0.4) is 0 Å². The number of hydrogen-bond acceptors (Lipinski definition) is 7. The lowest BCUT2D eigenvalue weighted by Gasteiger charge is -2.30. The minimum Gasteiger partial charge on any atom is -0.368 e. The molecule has 116 valence electrons. The number of aromatic nitrogens is 4. The molecule has 0 bridgehead atoms. The van der Waals surface area contributed by atoms with Crippen molar-refractivity contribution in [3.8, 4) is 0 Å². The van der Waals surface area contributed by atoms with Crippen molar-refractivity contribution in [2.45, 2.75) is 39.8 Å². The SMILES string of the molecule is CC(C)N(CCNc1nc(NN)nc2[nH]ncc12)C(C)C. The number of fused-ring (bicyclic) bond motifs is 1. The first kappa shape index (κ1) is 15.5. The third-order valence-corrected chi connectivity index (χ3v) is 3.43. The Morgan fingerprint density at radius 1 is 1.24 bits per heavy atom. The van der Waals surface area contributed by atoms with Gasteiger partial charge in [-0.3, -0.25) is 15.4 Å². The number of nitrogens with two attached hydrogens (primary N) is 1. The summed E-state index contributed by atoms with van der Waals surface area (Å²) in [7, 11) is 0. The first-order chi connectivity index (χ1) is 10.0. The molecule has 0 aliphatic heterocycles. The smallest absolute Gasteiger partial charge is 0.241 e. The maximum atomic E-state index is 5.39. The highest BCUT2D eigenvalue weighted by atomic mass is 15.3. The Labute approximate surface area is 124 Å². The van der Waals surface area contributed by atoms with Crippen LogP contribution in [0.15, 0.2) is 6.20 Å². The number of hydrazine groups is 1. The van der Waals surface area contributed by atoms with Gasteiger partial charge in [-0.2, -0.15) is 15.1 Å². The Hall–Kier alpha value is -1.93. The molecule has 8 heteroatoms. The molecule has 2 rings (SSSR count). The zero-order chi connectivity index (χ0) is 15.4.